The van der Waals surface area contributed by atoms with Crippen molar-refractivity contribution >= 4 is 50.8 Å². The monoisotopic (exact) mass is 580 g/mol. The number of nitrogens with one attached hydrogen (secondary N) is 2. The molecule has 38 heavy (non-hydrogen) atoms. The highest BCUT2D eigenvalue weighted by atomic mass is 35.5. The number of ether oxygens (including phenoxy) is 1. The number of carbonyl (C=O) groups is 2. The van der Waals surface area contributed by atoms with Crippen LogP contribution in [0.15, 0.2) is 52.2 Å². The van der Waals surface area contributed by atoms with Gasteiger partial charge in [-0.15, -0.1) is 0 Å². The smallest absolute Gasteiger partial charge is 0.340 e. The first-order chi connectivity index (χ1) is 18.0. The van der Waals surface area contributed by atoms with Gasteiger partial charge in [0.05, 0.1) is 27.0 Å². The number of carbonyl (C=O) groups excluding carboxylic acids is 2. The molecule has 2 N–H and O–H groups in total. The van der Waals surface area contributed by atoms with Crippen LogP contribution in [-0.2, 0) is 26.6 Å². The summed E-state index contributed by atoms with van der Waals surface area (Å²) in [5.41, 5.74) is -0.190. The van der Waals surface area contributed by atoms with E-state index >= 15 is 0 Å². The van der Waals surface area contributed by atoms with Gasteiger partial charge in [0.2, 0.25) is 0 Å². The minimum absolute atomic E-state index is 0.0519. The summed E-state index contributed by atoms with van der Waals surface area (Å²) < 4.78 is 36.8. The van der Waals surface area contributed by atoms with E-state index < -0.39 is 39.0 Å². The molecule has 0 atom stereocenters. The molecule has 1 fully saturated rings. The number of sulfonamides is 1. The second-order valence-corrected chi connectivity index (χ2v) is 11.4. The molecule has 10 nitrogen and oxygen atoms in total. The number of esters is 1. The summed E-state index contributed by atoms with van der Waals surface area (Å²) in [4.78, 5) is 37.5. The molecular weight excluding hydrogens is 555 g/mol. The van der Waals surface area contributed by atoms with Gasteiger partial charge in [-0.05, 0) is 44.0 Å². The molecule has 1 heterocycles. The molecule has 1 aliphatic rings. The Kier molecular flexibility index (Phi) is 8.19. The summed E-state index contributed by atoms with van der Waals surface area (Å²) in [6.07, 6.45) is 3.79. The van der Waals surface area contributed by atoms with Gasteiger partial charge in [0.1, 0.15) is 10.6 Å². The first kappa shape index (κ1) is 27.7. The Bertz CT molecular complexity index is 1540. The minimum Gasteiger partial charge on any atom is -0.452 e. The summed E-state index contributed by atoms with van der Waals surface area (Å²) >= 11 is 12.3. The van der Waals surface area contributed by atoms with Crippen LogP contribution in [0.2, 0.25) is 10.0 Å². The van der Waals surface area contributed by atoms with Crippen LogP contribution in [0.5, 0.6) is 0 Å². The zero-order chi connectivity index (χ0) is 27.6. The number of aromatic nitrogens is 2. The second-order valence-electron chi connectivity index (χ2n) is 8.93. The molecule has 1 aromatic heterocycles. The number of halogens is 2. The fourth-order valence-corrected chi connectivity index (χ4v) is 6.28. The molecule has 0 bridgehead atoms. The van der Waals surface area contributed by atoms with Crippen LogP contribution in [0, 0.1) is 6.92 Å². The molecule has 13 heteroatoms. The largest absolute Gasteiger partial charge is 0.452 e. The number of amides is 1. The maximum atomic E-state index is 13.3. The van der Waals surface area contributed by atoms with Crippen molar-refractivity contribution in [2.24, 2.45) is 7.05 Å². The van der Waals surface area contributed by atoms with Crippen LogP contribution in [0.4, 0.5) is 5.69 Å². The van der Waals surface area contributed by atoms with Crippen LogP contribution in [0.3, 0.4) is 0 Å². The molecule has 1 amide bonds. The average Bonchev–Trinajstić information content (AvgIpc) is 3.45. The number of benzene rings is 2. The predicted molar refractivity (Wildman–Crippen MR) is 144 cm³/mol. The van der Waals surface area contributed by atoms with Crippen LogP contribution in [0.25, 0.3) is 5.69 Å². The molecule has 0 aliphatic heterocycles. The number of hydrogen-bond donors (Lipinski definition) is 2. The normalized spacial score (nSPS) is 13.9. The maximum absolute atomic E-state index is 13.3. The average molecular weight is 581 g/mol. The number of para-hydroxylation sites is 1. The van der Waals surface area contributed by atoms with Crippen LogP contribution < -0.4 is 15.6 Å². The first-order valence-electron chi connectivity index (χ1n) is 11.8. The Hall–Kier alpha value is -3.28. The van der Waals surface area contributed by atoms with Gasteiger partial charge < -0.3 is 10.1 Å². The third-order valence-electron chi connectivity index (χ3n) is 6.38. The molecule has 2 aromatic carbocycles. The van der Waals surface area contributed by atoms with E-state index in [1.807, 2.05) is 0 Å². The van der Waals surface area contributed by atoms with E-state index in [4.69, 9.17) is 27.9 Å². The number of hydrogen-bond acceptors (Lipinski definition) is 6. The van der Waals surface area contributed by atoms with Gasteiger partial charge in [-0.25, -0.2) is 17.9 Å². The van der Waals surface area contributed by atoms with Crippen LogP contribution in [-0.4, -0.2) is 42.3 Å². The highest BCUT2D eigenvalue weighted by molar-refractivity contribution is 7.92. The molecule has 202 valence electrons. The molecule has 1 saturated carbocycles. The highest BCUT2D eigenvalue weighted by Gasteiger charge is 2.27. The first-order valence-corrected chi connectivity index (χ1v) is 14.1. The summed E-state index contributed by atoms with van der Waals surface area (Å²) in [5, 5.41) is 2.37. The van der Waals surface area contributed by atoms with E-state index in [9.17, 15) is 22.8 Å². The van der Waals surface area contributed by atoms with Crippen molar-refractivity contribution in [3.05, 3.63) is 74.1 Å². The van der Waals surface area contributed by atoms with Gasteiger partial charge in [0, 0.05) is 13.1 Å². The Morgan fingerprint density at radius 3 is 2.39 bits per heavy atom. The quantitative estimate of drug-likeness (QED) is 0.390. The van der Waals surface area contributed by atoms with Gasteiger partial charge in [0.25, 0.3) is 21.5 Å². The van der Waals surface area contributed by atoms with Crippen LogP contribution in [0.1, 0.15) is 41.7 Å². The van der Waals surface area contributed by atoms with Crippen molar-refractivity contribution in [3.8, 4) is 5.69 Å². The van der Waals surface area contributed by atoms with E-state index in [1.165, 1.54) is 9.36 Å². The lowest BCUT2D eigenvalue weighted by molar-refractivity contribution is -0.124. The Labute approximate surface area is 229 Å². The van der Waals surface area contributed by atoms with E-state index in [1.54, 1.807) is 44.3 Å². The van der Waals surface area contributed by atoms with E-state index in [0.717, 1.165) is 37.8 Å². The maximum Gasteiger partial charge on any atom is 0.340 e. The SMILES string of the molecule is Cc1c(NS(=O)(=O)c2cc(C(=O)OCC(=O)NC3CCCC3)c(Cl)cc2Cl)c(=O)n(-c2ccccc2)n1C. The molecule has 0 saturated heterocycles. The molecular formula is C25H26Cl2N4O6S. The summed E-state index contributed by atoms with van der Waals surface area (Å²) in [5.74, 6) is -1.45. The van der Waals surface area contributed by atoms with Crippen molar-refractivity contribution in [1.29, 1.82) is 0 Å². The fraction of sp³-hybridized carbons (Fsp3) is 0.320. The molecule has 1 aliphatic carbocycles. The van der Waals surface area contributed by atoms with Gasteiger partial charge >= 0.3 is 5.97 Å². The lowest BCUT2D eigenvalue weighted by atomic mass is 10.2. The highest BCUT2D eigenvalue weighted by Crippen LogP contribution is 2.31. The number of rotatable bonds is 8. The van der Waals surface area contributed by atoms with Crippen molar-refractivity contribution in [1.82, 2.24) is 14.7 Å². The molecule has 4 rings (SSSR count). The Morgan fingerprint density at radius 2 is 1.74 bits per heavy atom. The fourth-order valence-electron chi connectivity index (χ4n) is 4.32. The van der Waals surface area contributed by atoms with Crippen LogP contribution >= 0.6 is 23.2 Å². The summed E-state index contributed by atoms with van der Waals surface area (Å²) in [7, 11) is -2.83. The van der Waals surface area contributed by atoms with Crippen molar-refractivity contribution in [2.45, 2.75) is 43.5 Å². The van der Waals surface area contributed by atoms with Gasteiger partial charge in [0.15, 0.2) is 6.61 Å². The topological polar surface area (TPSA) is 128 Å². The lowest BCUT2D eigenvalue weighted by Gasteiger charge is -2.13. The predicted octanol–water partition coefficient (Wildman–Crippen LogP) is 3.81. The third-order valence-corrected chi connectivity index (χ3v) is 8.50. The molecule has 0 spiro atoms. The molecule has 0 unspecified atom stereocenters. The summed E-state index contributed by atoms with van der Waals surface area (Å²) in [6, 6.07) is 10.8. The minimum atomic E-state index is -4.45. The second kappa shape index (κ2) is 11.2. The van der Waals surface area contributed by atoms with E-state index in [0.29, 0.717) is 11.4 Å². The standard InChI is InChI=1S/C25H26Cl2N4O6S/c1-15-23(24(33)31(30(15)2)17-10-4-3-5-11-17)29-38(35,36)21-12-18(19(26)13-20(21)27)25(34)37-14-22(32)28-16-8-6-7-9-16/h3-5,10-13,16,29H,6-9,14H2,1-2H3,(H,28,32). The zero-order valence-electron chi connectivity index (χ0n) is 20.7. The molecule has 3 aromatic rings. The molecule has 0 radical (unpaired) electrons. The number of nitrogens with zero attached hydrogens (tertiary/aromatic N) is 2. The van der Waals surface area contributed by atoms with E-state index in [2.05, 4.69) is 10.0 Å². The van der Waals surface area contributed by atoms with Crippen molar-refractivity contribution < 1.29 is 22.7 Å². The van der Waals surface area contributed by atoms with Crippen molar-refractivity contribution in [2.75, 3.05) is 11.3 Å². The zero-order valence-corrected chi connectivity index (χ0v) is 23.0. The van der Waals surface area contributed by atoms with Gasteiger partial charge in [-0.1, -0.05) is 54.2 Å². The van der Waals surface area contributed by atoms with E-state index in [-0.39, 0.29) is 27.3 Å². The van der Waals surface area contributed by atoms with Crippen molar-refractivity contribution in [3.63, 3.8) is 0 Å². The summed E-state index contributed by atoms with van der Waals surface area (Å²) in [6.45, 7) is 1.04. The van der Waals surface area contributed by atoms with Gasteiger partial charge in [-0.2, -0.15) is 0 Å². The Morgan fingerprint density at radius 1 is 1.08 bits per heavy atom. The third kappa shape index (κ3) is 5.74. The lowest BCUT2D eigenvalue weighted by Crippen LogP contribution is -2.35. The Balaban J connectivity index is 1.58. The number of anilines is 1. The van der Waals surface area contributed by atoms with Gasteiger partial charge in [-0.3, -0.25) is 19.0 Å².